The number of rotatable bonds is 0. The third-order valence-corrected chi connectivity index (χ3v) is 5.04. The summed E-state index contributed by atoms with van der Waals surface area (Å²) in [5.74, 6) is 1.73. The Hall–Kier alpha value is -1.08. The van der Waals surface area contributed by atoms with Crippen molar-refractivity contribution in [1.29, 1.82) is 0 Å². The molecule has 1 heteroatoms. The molecule has 4 bridgehead atoms. The zero-order valence-electron chi connectivity index (χ0n) is 9.15. The summed E-state index contributed by atoms with van der Waals surface area (Å²) < 4.78 is 6.22. The zero-order chi connectivity index (χ0) is 10.3. The summed E-state index contributed by atoms with van der Waals surface area (Å²) in [6.45, 7) is 0. The maximum absolute atomic E-state index is 6.22. The van der Waals surface area contributed by atoms with Crippen LogP contribution in [0.4, 0.5) is 0 Å². The van der Waals surface area contributed by atoms with E-state index >= 15 is 0 Å². The van der Waals surface area contributed by atoms with Crippen LogP contribution in [0.5, 0.6) is 0 Å². The molecule has 1 fully saturated rings. The largest absolute Gasteiger partial charge is 0.357 e. The average molecular weight is 210 g/mol. The van der Waals surface area contributed by atoms with Crippen LogP contribution < -0.4 is 0 Å². The second kappa shape index (κ2) is 2.43. The van der Waals surface area contributed by atoms with Gasteiger partial charge in [0.25, 0.3) is 0 Å². The molecule has 0 saturated heterocycles. The van der Waals surface area contributed by atoms with Gasteiger partial charge in [0.1, 0.15) is 12.2 Å². The lowest BCUT2D eigenvalue weighted by atomic mass is 9.79. The second-order valence-corrected chi connectivity index (χ2v) is 5.64. The van der Waals surface area contributed by atoms with E-state index in [1.54, 1.807) is 11.1 Å². The summed E-state index contributed by atoms with van der Waals surface area (Å²) in [5, 5.41) is 0. The Morgan fingerprint density at radius 2 is 1.44 bits per heavy atom. The summed E-state index contributed by atoms with van der Waals surface area (Å²) in [6.07, 6.45) is 4.93. The highest BCUT2D eigenvalue weighted by Crippen LogP contribution is 2.66. The van der Waals surface area contributed by atoms with Crippen molar-refractivity contribution in [2.75, 3.05) is 0 Å². The maximum Gasteiger partial charge on any atom is 0.106 e. The Morgan fingerprint density at radius 1 is 0.875 bits per heavy atom. The molecular weight excluding hydrogens is 196 g/mol. The summed E-state index contributed by atoms with van der Waals surface area (Å²) in [6, 6.07) is 8.82. The summed E-state index contributed by atoms with van der Waals surface area (Å²) in [7, 11) is 0. The van der Waals surface area contributed by atoms with Gasteiger partial charge in [0.05, 0.1) is 0 Å². The van der Waals surface area contributed by atoms with Gasteiger partial charge in [-0.15, -0.1) is 0 Å². The van der Waals surface area contributed by atoms with Crippen LogP contribution in [0.3, 0.4) is 0 Å². The Balaban J connectivity index is 1.76. The van der Waals surface area contributed by atoms with Crippen LogP contribution in [0.25, 0.3) is 0 Å². The number of hydrogen-bond donors (Lipinski definition) is 0. The Morgan fingerprint density at radius 3 is 2.00 bits per heavy atom. The topological polar surface area (TPSA) is 9.23 Å². The smallest absolute Gasteiger partial charge is 0.106 e. The highest BCUT2D eigenvalue weighted by molar-refractivity contribution is 5.54. The van der Waals surface area contributed by atoms with Gasteiger partial charge in [-0.1, -0.05) is 24.3 Å². The van der Waals surface area contributed by atoms with Crippen molar-refractivity contribution in [1.82, 2.24) is 0 Å². The van der Waals surface area contributed by atoms with Crippen molar-refractivity contribution in [2.24, 2.45) is 11.8 Å². The molecule has 80 valence electrons. The summed E-state index contributed by atoms with van der Waals surface area (Å²) >= 11 is 0. The van der Waals surface area contributed by atoms with Crippen LogP contribution in [-0.2, 0) is 4.74 Å². The lowest BCUT2D eigenvalue weighted by molar-refractivity contribution is 0.0694. The van der Waals surface area contributed by atoms with Crippen molar-refractivity contribution >= 4 is 0 Å². The Labute approximate surface area is 95.1 Å². The minimum Gasteiger partial charge on any atom is -0.357 e. The zero-order valence-corrected chi connectivity index (χ0v) is 9.15. The number of fused-ring (bicyclic) bond motifs is 11. The molecule has 4 atom stereocenters. The van der Waals surface area contributed by atoms with Crippen molar-refractivity contribution in [3.63, 3.8) is 0 Å². The minimum atomic E-state index is 0.339. The maximum atomic E-state index is 6.22. The Kier molecular flexibility index (Phi) is 1.23. The van der Waals surface area contributed by atoms with E-state index in [4.69, 9.17) is 4.74 Å². The molecule has 0 spiro atoms. The monoisotopic (exact) mass is 210 g/mol. The van der Waals surface area contributed by atoms with Gasteiger partial charge >= 0.3 is 0 Å². The highest BCUT2D eigenvalue weighted by atomic mass is 16.5. The molecule has 4 aliphatic rings. The van der Waals surface area contributed by atoms with Crippen LogP contribution in [0.15, 0.2) is 35.4 Å². The number of hydrogen-bond acceptors (Lipinski definition) is 1. The molecule has 2 aliphatic carbocycles. The molecule has 2 aliphatic heterocycles. The molecule has 1 aromatic carbocycles. The van der Waals surface area contributed by atoms with Crippen LogP contribution in [0.2, 0.25) is 0 Å². The molecule has 16 heavy (non-hydrogen) atoms. The summed E-state index contributed by atoms with van der Waals surface area (Å²) in [5.41, 5.74) is 6.30. The van der Waals surface area contributed by atoms with E-state index in [0.717, 1.165) is 11.8 Å². The van der Waals surface area contributed by atoms with Crippen molar-refractivity contribution in [2.45, 2.75) is 31.5 Å². The van der Waals surface area contributed by atoms with E-state index in [1.165, 1.54) is 30.4 Å². The van der Waals surface area contributed by atoms with Crippen LogP contribution in [-0.4, -0.2) is 0 Å². The molecule has 0 unspecified atom stereocenters. The van der Waals surface area contributed by atoms with Crippen molar-refractivity contribution in [3.8, 4) is 0 Å². The third kappa shape index (κ3) is 0.708. The predicted molar refractivity (Wildman–Crippen MR) is 60.9 cm³/mol. The van der Waals surface area contributed by atoms with Gasteiger partial charge in [0.15, 0.2) is 0 Å². The van der Waals surface area contributed by atoms with Gasteiger partial charge in [-0.2, -0.15) is 0 Å². The van der Waals surface area contributed by atoms with E-state index in [1.807, 2.05) is 0 Å². The molecule has 0 amide bonds. The first kappa shape index (κ1) is 8.08. The van der Waals surface area contributed by atoms with E-state index in [-0.39, 0.29) is 0 Å². The fourth-order valence-electron chi connectivity index (χ4n) is 4.50. The molecule has 0 radical (unpaired) electrons. The van der Waals surface area contributed by atoms with E-state index in [9.17, 15) is 0 Å². The number of benzene rings is 1. The lowest BCUT2D eigenvalue weighted by Gasteiger charge is -2.22. The van der Waals surface area contributed by atoms with Crippen LogP contribution in [0, 0.1) is 11.8 Å². The molecule has 1 saturated carbocycles. The molecule has 5 rings (SSSR count). The molecule has 1 aromatic rings. The van der Waals surface area contributed by atoms with Gasteiger partial charge in [0, 0.05) is 0 Å². The first-order valence-electron chi connectivity index (χ1n) is 6.41. The molecule has 1 nitrogen and oxygen atoms in total. The Bertz CT molecular complexity index is 483. The van der Waals surface area contributed by atoms with Gasteiger partial charge in [-0.05, 0) is 53.4 Å². The fourth-order valence-corrected chi connectivity index (χ4v) is 4.50. The van der Waals surface area contributed by atoms with E-state index in [0.29, 0.717) is 12.2 Å². The lowest BCUT2D eigenvalue weighted by Crippen LogP contribution is -2.10. The first-order valence-corrected chi connectivity index (χ1v) is 6.41. The minimum absolute atomic E-state index is 0.339. The molecule has 2 heterocycles. The quantitative estimate of drug-likeness (QED) is 0.595. The normalized spacial score (nSPS) is 41.8. The van der Waals surface area contributed by atoms with Gasteiger partial charge in [-0.3, -0.25) is 0 Å². The second-order valence-electron chi connectivity index (χ2n) is 5.64. The predicted octanol–water partition coefficient (Wildman–Crippen LogP) is 3.54. The molecular formula is C15H14O. The highest BCUT2D eigenvalue weighted by Gasteiger charge is 2.54. The fraction of sp³-hybridized carbons (Fsp3) is 0.467. The molecule has 0 N–H and O–H groups in total. The van der Waals surface area contributed by atoms with Gasteiger partial charge in [-0.25, -0.2) is 0 Å². The average Bonchev–Trinajstić information content (AvgIpc) is 3.07. The van der Waals surface area contributed by atoms with Crippen LogP contribution >= 0.6 is 0 Å². The van der Waals surface area contributed by atoms with Crippen molar-refractivity contribution in [3.05, 3.63) is 46.5 Å². The van der Waals surface area contributed by atoms with E-state index < -0.39 is 0 Å². The first-order chi connectivity index (χ1) is 7.93. The standard InChI is InChI=1S/C15H14O/c1-2-4-11-10(3-1)14-12-8-5-6-9(7-8)13(12)15(11)16-14/h1-4,8-9,14-15H,5-7H2/t8-,9+,14-,15+. The van der Waals surface area contributed by atoms with Crippen LogP contribution in [0.1, 0.15) is 42.6 Å². The SMILES string of the molecule is c1ccc2c(c1)[C@@H]1O[C@H]2C2=C1[C@H]1CC[C@@H]2C1. The van der Waals surface area contributed by atoms with Crippen molar-refractivity contribution < 1.29 is 4.74 Å². The third-order valence-electron chi connectivity index (χ3n) is 5.04. The summed E-state index contributed by atoms with van der Waals surface area (Å²) in [4.78, 5) is 0. The molecule has 0 aromatic heterocycles. The van der Waals surface area contributed by atoms with Gasteiger partial charge in [0.2, 0.25) is 0 Å². The van der Waals surface area contributed by atoms with E-state index in [2.05, 4.69) is 24.3 Å². The number of ether oxygens (including phenoxy) is 1. The van der Waals surface area contributed by atoms with Gasteiger partial charge < -0.3 is 4.74 Å².